The minimum Gasteiger partial charge on any atom is -0.341 e. The van der Waals surface area contributed by atoms with Crippen molar-refractivity contribution in [2.75, 3.05) is 39.8 Å². The van der Waals surface area contributed by atoms with Crippen molar-refractivity contribution in [2.45, 2.75) is 32.2 Å². The van der Waals surface area contributed by atoms with Gasteiger partial charge in [0, 0.05) is 37.6 Å². The first kappa shape index (κ1) is 19.2. The highest BCUT2D eigenvalue weighted by molar-refractivity contribution is 6.30. The van der Waals surface area contributed by atoms with Crippen LogP contribution in [0.15, 0.2) is 24.3 Å². The van der Waals surface area contributed by atoms with E-state index >= 15 is 0 Å². The maximum absolute atomic E-state index is 13.4. The zero-order chi connectivity index (χ0) is 18.7. The van der Waals surface area contributed by atoms with Crippen molar-refractivity contribution in [1.29, 1.82) is 0 Å². The Morgan fingerprint density at radius 2 is 2.04 bits per heavy atom. The summed E-state index contributed by atoms with van der Waals surface area (Å²) >= 11 is 6.20. The molecule has 1 aromatic carbocycles. The van der Waals surface area contributed by atoms with Crippen molar-refractivity contribution in [3.05, 3.63) is 34.9 Å². The van der Waals surface area contributed by atoms with Gasteiger partial charge in [-0.15, -0.1) is 0 Å². The number of hydrogen-bond donors (Lipinski definition) is 0. The molecule has 2 aliphatic rings. The third kappa shape index (κ3) is 4.04. The van der Waals surface area contributed by atoms with E-state index in [0.717, 1.165) is 38.2 Å². The lowest BCUT2D eigenvalue weighted by Crippen LogP contribution is -2.49. The van der Waals surface area contributed by atoms with Gasteiger partial charge in [-0.25, -0.2) is 0 Å². The Hall–Kier alpha value is -1.59. The van der Waals surface area contributed by atoms with E-state index in [9.17, 15) is 9.59 Å². The number of carbonyl (C=O) groups excluding carboxylic acids is 2. The van der Waals surface area contributed by atoms with Gasteiger partial charge in [0.2, 0.25) is 11.8 Å². The molecule has 3 rings (SSSR count). The van der Waals surface area contributed by atoms with Crippen molar-refractivity contribution < 1.29 is 9.59 Å². The Bertz CT molecular complexity index is 666. The SMILES string of the molecule is CCN1C(=O)CC[C@@H](C(=O)N2CCCN(C)CC2)[C@@H]1c1cccc(Cl)c1. The molecule has 2 heterocycles. The second kappa shape index (κ2) is 8.40. The van der Waals surface area contributed by atoms with Crippen LogP contribution in [0.2, 0.25) is 5.02 Å². The second-order valence-corrected chi connectivity index (χ2v) is 7.74. The van der Waals surface area contributed by atoms with Gasteiger partial charge in [0.1, 0.15) is 0 Å². The van der Waals surface area contributed by atoms with Crippen LogP contribution < -0.4 is 0 Å². The summed E-state index contributed by atoms with van der Waals surface area (Å²) in [6.07, 6.45) is 2.04. The number of halogens is 1. The van der Waals surface area contributed by atoms with Gasteiger partial charge in [-0.2, -0.15) is 0 Å². The minimum atomic E-state index is -0.228. The molecule has 2 fully saturated rings. The Morgan fingerprint density at radius 3 is 2.77 bits per heavy atom. The molecule has 2 aliphatic heterocycles. The molecule has 2 atom stereocenters. The normalized spacial score (nSPS) is 25.3. The summed E-state index contributed by atoms with van der Waals surface area (Å²) in [5, 5.41) is 0.638. The fourth-order valence-corrected chi connectivity index (χ4v) is 4.39. The van der Waals surface area contributed by atoms with Crippen LogP contribution in [0.1, 0.15) is 37.8 Å². The summed E-state index contributed by atoms with van der Waals surface area (Å²) in [7, 11) is 2.10. The molecule has 1 aromatic rings. The zero-order valence-corrected chi connectivity index (χ0v) is 16.4. The Kier molecular flexibility index (Phi) is 6.20. The van der Waals surface area contributed by atoms with Crippen LogP contribution in [-0.4, -0.2) is 66.3 Å². The molecular formula is C20H28ClN3O2. The fourth-order valence-electron chi connectivity index (χ4n) is 4.19. The van der Waals surface area contributed by atoms with Crippen molar-refractivity contribution in [2.24, 2.45) is 5.92 Å². The Morgan fingerprint density at radius 1 is 1.23 bits per heavy atom. The van der Waals surface area contributed by atoms with E-state index in [2.05, 4.69) is 11.9 Å². The first-order chi connectivity index (χ1) is 12.5. The molecule has 26 heavy (non-hydrogen) atoms. The standard InChI is InChI=1S/C20H28ClN3O2/c1-3-24-18(25)9-8-17(19(24)15-6-4-7-16(21)14-15)20(26)23-11-5-10-22(2)12-13-23/h4,6-7,14,17,19H,3,5,8-13H2,1-2H3/t17-,19+/m1/s1. The van der Waals surface area contributed by atoms with Crippen molar-refractivity contribution in [3.8, 4) is 0 Å². The van der Waals surface area contributed by atoms with Crippen LogP contribution in [0.25, 0.3) is 0 Å². The molecule has 0 saturated carbocycles. The number of rotatable bonds is 3. The van der Waals surface area contributed by atoms with E-state index in [1.807, 2.05) is 41.0 Å². The van der Waals surface area contributed by atoms with E-state index in [-0.39, 0.29) is 23.8 Å². The Labute approximate surface area is 160 Å². The monoisotopic (exact) mass is 377 g/mol. The topological polar surface area (TPSA) is 43.9 Å². The van der Waals surface area contributed by atoms with E-state index in [4.69, 9.17) is 11.6 Å². The molecule has 6 heteroatoms. The molecule has 5 nitrogen and oxygen atoms in total. The lowest BCUT2D eigenvalue weighted by Gasteiger charge is -2.42. The van der Waals surface area contributed by atoms with E-state index in [1.165, 1.54) is 0 Å². The smallest absolute Gasteiger partial charge is 0.228 e. The highest BCUT2D eigenvalue weighted by Crippen LogP contribution is 2.38. The summed E-state index contributed by atoms with van der Waals surface area (Å²) < 4.78 is 0. The van der Waals surface area contributed by atoms with Gasteiger partial charge in [-0.05, 0) is 51.1 Å². The summed E-state index contributed by atoms with van der Waals surface area (Å²) in [6.45, 7) is 6.05. The quantitative estimate of drug-likeness (QED) is 0.813. The number of benzene rings is 1. The highest BCUT2D eigenvalue weighted by atomic mass is 35.5. The van der Waals surface area contributed by atoms with Gasteiger partial charge in [0.05, 0.1) is 12.0 Å². The number of hydrogen-bond acceptors (Lipinski definition) is 3. The van der Waals surface area contributed by atoms with Crippen LogP contribution >= 0.6 is 11.6 Å². The average Bonchev–Trinajstić information content (AvgIpc) is 2.85. The number of nitrogens with zero attached hydrogens (tertiary/aromatic N) is 3. The number of likely N-dealkylation sites (N-methyl/N-ethyl adjacent to an activating group) is 1. The van der Waals surface area contributed by atoms with Gasteiger partial charge < -0.3 is 14.7 Å². The highest BCUT2D eigenvalue weighted by Gasteiger charge is 2.41. The summed E-state index contributed by atoms with van der Waals surface area (Å²) in [4.78, 5) is 32.0. The van der Waals surface area contributed by atoms with Crippen LogP contribution in [0.5, 0.6) is 0 Å². The second-order valence-electron chi connectivity index (χ2n) is 7.31. The third-order valence-corrected chi connectivity index (χ3v) is 5.82. The molecule has 0 unspecified atom stereocenters. The third-order valence-electron chi connectivity index (χ3n) is 5.59. The molecule has 0 spiro atoms. The fraction of sp³-hybridized carbons (Fsp3) is 0.600. The molecule has 0 aromatic heterocycles. The van der Waals surface area contributed by atoms with Crippen LogP contribution in [-0.2, 0) is 9.59 Å². The number of likely N-dealkylation sites (tertiary alicyclic amines) is 1. The summed E-state index contributed by atoms with van der Waals surface area (Å²) in [5.74, 6) is 0.0999. The van der Waals surface area contributed by atoms with E-state index in [0.29, 0.717) is 24.4 Å². The Balaban J connectivity index is 1.89. The molecule has 142 valence electrons. The van der Waals surface area contributed by atoms with Crippen molar-refractivity contribution in [1.82, 2.24) is 14.7 Å². The maximum atomic E-state index is 13.4. The lowest BCUT2D eigenvalue weighted by atomic mass is 9.83. The van der Waals surface area contributed by atoms with Crippen LogP contribution in [0, 0.1) is 5.92 Å². The van der Waals surface area contributed by atoms with Gasteiger partial charge >= 0.3 is 0 Å². The van der Waals surface area contributed by atoms with Gasteiger partial charge in [-0.3, -0.25) is 9.59 Å². The predicted octanol–water partition coefficient (Wildman–Crippen LogP) is 2.80. The average molecular weight is 378 g/mol. The summed E-state index contributed by atoms with van der Waals surface area (Å²) in [6, 6.07) is 7.37. The molecule has 2 amide bonds. The predicted molar refractivity (Wildman–Crippen MR) is 103 cm³/mol. The molecule has 0 bridgehead atoms. The van der Waals surface area contributed by atoms with Crippen LogP contribution in [0.4, 0.5) is 0 Å². The van der Waals surface area contributed by atoms with Gasteiger partial charge in [0.15, 0.2) is 0 Å². The molecule has 2 saturated heterocycles. The lowest BCUT2D eigenvalue weighted by molar-refractivity contribution is -0.147. The molecule has 0 aliphatic carbocycles. The van der Waals surface area contributed by atoms with E-state index in [1.54, 1.807) is 0 Å². The molecular weight excluding hydrogens is 350 g/mol. The molecule has 0 N–H and O–H groups in total. The summed E-state index contributed by atoms with van der Waals surface area (Å²) in [5.41, 5.74) is 0.956. The minimum absolute atomic E-state index is 0.122. The largest absolute Gasteiger partial charge is 0.341 e. The van der Waals surface area contributed by atoms with Crippen molar-refractivity contribution in [3.63, 3.8) is 0 Å². The number of piperidine rings is 1. The van der Waals surface area contributed by atoms with Crippen LogP contribution in [0.3, 0.4) is 0 Å². The number of carbonyl (C=O) groups is 2. The first-order valence-corrected chi connectivity index (χ1v) is 9.91. The van der Waals surface area contributed by atoms with Gasteiger partial charge in [0.25, 0.3) is 0 Å². The van der Waals surface area contributed by atoms with Crippen molar-refractivity contribution >= 4 is 23.4 Å². The van der Waals surface area contributed by atoms with Gasteiger partial charge in [-0.1, -0.05) is 23.7 Å². The molecule has 0 radical (unpaired) electrons. The maximum Gasteiger partial charge on any atom is 0.228 e. The number of amides is 2. The first-order valence-electron chi connectivity index (χ1n) is 9.53. The zero-order valence-electron chi connectivity index (χ0n) is 15.7. The van der Waals surface area contributed by atoms with E-state index < -0.39 is 0 Å².